The molecular weight excluding hydrogens is 320 g/mol. The molecule has 2 N–H and O–H groups in total. The Kier molecular flexibility index (Phi) is 6.71. The highest BCUT2D eigenvalue weighted by Crippen LogP contribution is 2.05. The van der Waals surface area contributed by atoms with Crippen LogP contribution in [0.5, 0.6) is 0 Å². The molecular formula is C19H20N2O4. The van der Waals surface area contributed by atoms with E-state index in [0.717, 1.165) is 5.56 Å². The summed E-state index contributed by atoms with van der Waals surface area (Å²) in [5.74, 6) is -1.35. The zero-order valence-corrected chi connectivity index (χ0v) is 13.9. The Morgan fingerprint density at radius 1 is 0.960 bits per heavy atom. The van der Waals surface area contributed by atoms with Gasteiger partial charge in [-0.25, -0.2) is 0 Å². The molecule has 0 fully saturated rings. The minimum Gasteiger partial charge on any atom is -0.468 e. The van der Waals surface area contributed by atoms with Gasteiger partial charge in [0.1, 0.15) is 12.6 Å². The van der Waals surface area contributed by atoms with Crippen LogP contribution in [0.2, 0.25) is 0 Å². The van der Waals surface area contributed by atoms with E-state index in [-0.39, 0.29) is 12.5 Å². The van der Waals surface area contributed by atoms with Crippen molar-refractivity contribution in [3.63, 3.8) is 0 Å². The topological polar surface area (TPSA) is 84.5 Å². The monoisotopic (exact) mass is 340 g/mol. The third kappa shape index (κ3) is 5.76. The predicted molar refractivity (Wildman–Crippen MR) is 92.9 cm³/mol. The standard InChI is InChI=1S/C19H20N2O4/c1-25-17(22)13-20-19(24)16(12-14-8-4-2-5-9-14)21-18(23)15-10-6-3-7-11-15/h2-11,16H,12-13H2,1H3,(H,20,24)(H,21,23). The van der Waals surface area contributed by atoms with Gasteiger partial charge in [0.25, 0.3) is 5.91 Å². The number of amides is 2. The Balaban J connectivity index is 2.09. The molecule has 1 atom stereocenters. The van der Waals surface area contributed by atoms with E-state index >= 15 is 0 Å². The second kappa shape index (κ2) is 9.22. The Hall–Kier alpha value is -3.15. The first-order chi connectivity index (χ1) is 12.1. The van der Waals surface area contributed by atoms with Crippen LogP contribution >= 0.6 is 0 Å². The van der Waals surface area contributed by atoms with Gasteiger partial charge in [-0.2, -0.15) is 0 Å². The van der Waals surface area contributed by atoms with Gasteiger partial charge >= 0.3 is 5.97 Å². The lowest BCUT2D eigenvalue weighted by Crippen LogP contribution is -2.49. The molecule has 0 aliphatic carbocycles. The van der Waals surface area contributed by atoms with Gasteiger partial charge in [0.15, 0.2) is 0 Å². The molecule has 130 valence electrons. The van der Waals surface area contributed by atoms with Crippen molar-refractivity contribution in [2.24, 2.45) is 0 Å². The highest BCUT2D eigenvalue weighted by molar-refractivity contribution is 5.98. The summed E-state index contributed by atoms with van der Waals surface area (Å²) >= 11 is 0. The molecule has 6 nitrogen and oxygen atoms in total. The lowest BCUT2D eigenvalue weighted by Gasteiger charge is -2.18. The largest absolute Gasteiger partial charge is 0.468 e. The summed E-state index contributed by atoms with van der Waals surface area (Å²) < 4.78 is 4.51. The molecule has 2 aromatic rings. The first-order valence-electron chi connectivity index (χ1n) is 7.84. The second-order valence-corrected chi connectivity index (χ2v) is 5.38. The van der Waals surface area contributed by atoms with Crippen molar-refractivity contribution in [2.45, 2.75) is 12.5 Å². The summed E-state index contributed by atoms with van der Waals surface area (Å²) in [5, 5.41) is 5.20. The minimum atomic E-state index is -0.806. The molecule has 1 unspecified atom stereocenters. The van der Waals surface area contributed by atoms with Crippen molar-refractivity contribution < 1.29 is 19.1 Å². The number of rotatable bonds is 7. The minimum absolute atomic E-state index is 0.248. The van der Waals surface area contributed by atoms with Crippen LogP contribution in [-0.2, 0) is 20.7 Å². The normalized spacial score (nSPS) is 11.2. The molecule has 25 heavy (non-hydrogen) atoms. The zero-order valence-electron chi connectivity index (χ0n) is 13.9. The Morgan fingerprint density at radius 2 is 1.56 bits per heavy atom. The zero-order chi connectivity index (χ0) is 18.1. The maximum absolute atomic E-state index is 12.4. The van der Waals surface area contributed by atoms with E-state index in [0.29, 0.717) is 12.0 Å². The second-order valence-electron chi connectivity index (χ2n) is 5.38. The summed E-state index contributed by atoms with van der Waals surface area (Å²) in [5.41, 5.74) is 1.36. The number of hydrogen-bond donors (Lipinski definition) is 2. The fourth-order valence-corrected chi connectivity index (χ4v) is 2.24. The quantitative estimate of drug-likeness (QED) is 0.745. The van der Waals surface area contributed by atoms with E-state index in [1.807, 2.05) is 30.3 Å². The number of carbonyl (C=O) groups excluding carboxylic acids is 3. The fraction of sp³-hybridized carbons (Fsp3) is 0.211. The maximum Gasteiger partial charge on any atom is 0.325 e. The number of esters is 1. The summed E-state index contributed by atoms with van der Waals surface area (Å²) in [6, 6.07) is 17.2. The Labute approximate surface area is 146 Å². The first kappa shape index (κ1) is 18.2. The predicted octanol–water partition coefficient (Wildman–Crippen LogP) is 1.32. The third-order valence-corrected chi connectivity index (χ3v) is 3.58. The summed E-state index contributed by atoms with van der Waals surface area (Å²) in [7, 11) is 1.24. The number of hydrogen-bond acceptors (Lipinski definition) is 4. The molecule has 2 aromatic carbocycles. The maximum atomic E-state index is 12.4. The summed E-state index contributed by atoms with van der Waals surface area (Å²) in [4.78, 5) is 36.0. The van der Waals surface area contributed by atoms with Gasteiger partial charge in [0.05, 0.1) is 7.11 Å². The lowest BCUT2D eigenvalue weighted by molar-refractivity contribution is -0.141. The molecule has 2 amide bonds. The first-order valence-corrected chi connectivity index (χ1v) is 7.84. The molecule has 2 rings (SSSR count). The molecule has 0 spiro atoms. The number of ether oxygens (including phenoxy) is 1. The van der Waals surface area contributed by atoms with Crippen molar-refractivity contribution in [2.75, 3.05) is 13.7 Å². The van der Waals surface area contributed by atoms with Crippen molar-refractivity contribution in [1.82, 2.24) is 10.6 Å². The number of nitrogens with one attached hydrogen (secondary N) is 2. The summed E-state index contributed by atoms with van der Waals surface area (Å²) in [6.07, 6.45) is 0.312. The highest BCUT2D eigenvalue weighted by Gasteiger charge is 2.22. The van der Waals surface area contributed by atoms with Gasteiger partial charge in [-0.15, -0.1) is 0 Å². The number of benzene rings is 2. The smallest absolute Gasteiger partial charge is 0.325 e. The van der Waals surface area contributed by atoms with E-state index in [4.69, 9.17) is 0 Å². The molecule has 0 bridgehead atoms. The van der Waals surface area contributed by atoms with E-state index in [1.54, 1.807) is 30.3 Å². The van der Waals surface area contributed by atoms with Gasteiger partial charge in [-0.1, -0.05) is 48.5 Å². The third-order valence-electron chi connectivity index (χ3n) is 3.58. The Morgan fingerprint density at radius 3 is 2.16 bits per heavy atom. The average molecular weight is 340 g/mol. The van der Waals surface area contributed by atoms with E-state index in [2.05, 4.69) is 15.4 Å². The van der Waals surface area contributed by atoms with Crippen molar-refractivity contribution >= 4 is 17.8 Å². The van der Waals surface area contributed by atoms with Crippen LogP contribution in [0.4, 0.5) is 0 Å². The van der Waals surface area contributed by atoms with Gasteiger partial charge < -0.3 is 15.4 Å². The molecule has 0 heterocycles. The number of methoxy groups -OCH3 is 1. The summed E-state index contributed by atoms with van der Waals surface area (Å²) in [6.45, 7) is -0.248. The molecule has 0 radical (unpaired) electrons. The molecule has 0 aromatic heterocycles. The van der Waals surface area contributed by atoms with Crippen molar-refractivity contribution in [3.8, 4) is 0 Å². The van der Waals surface area contributed by atoms with E-state index in [9.17, 15) is 14.4 Å². The van der Waals surface area contributed by atoms with Crippen LogP contribution < -0.4 is 10.6 Å². The van der Waals surface area contributed by atoms with Crippen LogP contribution in [0.15, 0.2) is 60.7 Å². The van der Waals surface area contributed by atoms with Crippen LogP contribution in [-0.4, -0.2) is 37.5 Å². The van der Waals surface area contributed by atoms with Crippen LogP contribution in [0, 0.1) is 0 Å². The van der Waals surface area contributed by atoms with Gasteiger partial charge in [-0.3, -0.25) is 14.4 Å². The van der Waals surface area contributed by atoms with Crippen LogP contribution in [0.1, 0.15) is 15.9 Å². The highest BCUT2D eigenvalue weighted by atomic mass is 16.5. The van der Waals surface area contributed by atoms with Crippen LogP contribution in [0.3, 0.4) is 0 Å². The van der Waals surface area contributed by atoms with Crippen LogP contribution in [0.25, 0.3) is 0 Å². The van der Waals surface area contributed by atoms with E-state index < -0.39 is 17.9 Å². The fourth-order valence-electron chi connectivity index (χ4n) is 2.24. The van der Waals surface area contributed by atoms with Gasteiger partial charge in [-0.05, 0) is 17.7 Å². The molecule has 0 aliphatic heterocycles. The van der Waals surface area contributed by atoms with Crippen molar-refractivity contribution in [1.29, 1.82) is 0 Å². The molecule has 0 aliphatic rings. The number of carbonyl (C=O) groups is 3. The van der Waals surface area contributed by atoms with Crippen molar-refractivity contribution in [3.05, 3.63) is 71.8 Å². The molecule has 0 saturated carbocycles. The molecule has 0 saturated heterocycles. The van der Waals surface area contributed by atoms with E-state index in [1.165, 1.54) is 7.11 Å². The Bertz CT molecular complexity index is 717. The van der Waals surface area contributed by atoms with Gasteiger partial charge in [0, 0.05) is 12.0 Å². The average Bonchev–Trinajstić information content (AvgIpc) is 2.66. The SMILES string of the molecule is COC(=O)CNC(=O)C(Cc1ccccc1)NC(=O)c1ccccc1. The lowest BCUT2D eigenvalue weighted by atomic mass is 10.0. The molecule has 6 heteroatoms. The van der Waals surface area contributed by atoms with Gasteiger partial charge in [0.2, 0.25) is 5.91 Å².